The molecule has 0 aromatic rings. The molecule has 0 aromatic carbocycles. The smallest absolute Gasteiger partial charge is 0.322 e. The molecule has 1 unspecified atom stereocenters. The summed E-state index contributed by atoms with van der Waals surface area (Å²) >= 11 is 0. The Morgan fingerprint density at radius 2 is 2.00 bits per heavy atom. The molecule has 0 radical (unpaired) electrons. The van der Waals surface area contributed by atoms with Gasteiger partial charge in [-0.2, -0.15) is 0 Å². The molecule has 4 nitrogen and oxygen atoms in total. The van der Waals surface area contributed by atoms with Gasteiger partial charge in [0, 0.05) is 12.6 Å². The Morgan fingerprint density at radius 3 is 2.53 bits per heavy atom. The number of nitrogens with one attached hydrogen (secondary N) is 1. The van der Waals surface area contributed by atoms with Crippen molar-refractivity contribution in [2.75, 3.05) is 26.7 Å². The Labute approximate surface area is 116 Å². The molecule has 1 aliphatic heterocycles. The molecule has 19 heavy (non-hydrogen) atoms. The average Bonchev–Trinajstić information content (AvgIpc) is 3.27. The van der Waals surface area contributed by atoms with E-state index in [4.69, 9.17) is 4.74 Å². The molecular formula is C15H28N2O2. The lowest BCUT2D eigenvalue weighted by Gasteiger charge is -2.32. The molecule has 1 saturated carbocycles. The second kappa shape index (κ2) is 7.25. The van der Waals surface area contributed by atoms with Crippen molar-refractivity contribution in [3.05, 3.63) is 0 Å². The minimum atomic E-state index is -0.110. The van der Waals surface area contributed by atoms with Gasteiger partial charge in [0.2, 0.25) is 0 Å². The minimum absolute atomic E-state index is 0.102. The van der Waals surface area contributed by atoms with Gasteiger partial charge in [-0.1, -0.05) is 13.3 Å². The molecule has 0 aromatic heterocycles. The molecule has 0 bridgehead atoms. The summed E-state index contributed by atoms with van der Waals surface area (Å²) in [6.45, 7) is 5.68. The number of methoxy groups -OCH3 is 1. The van der Waals surface area contributed by atoms with Gasteiger partial charge >= 0.3 is 5.97 Å². The fourth-order valence-corrected chi connectivity index (χ4v) is 2.88. The zero-order chi connectivity index (χ0) is 13.7. The second-order valence-electron chi connectivity index (χ2n) is 6.00. The van der Waals surface area contributed by atoms with Gasteiger partial charge in [0.1, 0.15) is 6.04 Å². The highest BCUT2D eigenvalue weighted by molar-refractivity contribution is 5.75. The lowest BCUT2D eigenvalue weighted by atomic mass is 9.94. The Kier molecular flexibility index (Phi) is 5.64. The number of ether oxygens (including phenoxy) is 1. The van der Waals surface area contributed by atoms with E-state index in [0.29, 0.717) is 6.04 Å². The van der Waals surface area contributed by atoms with Crippen molar-refractivity contribution in [1.29, 1.82) is 0 Å². The quantitative estimate of drug-likeness (QED) is 0.715. The first-order chi connectivity index (χ1) is 9.22. The molecule has 0 amide bonds. The van der Waals surface area contributed by atoms with E-state index in [1.807, 2.05) is 0 Å². The fourth-order valence-electron chi connectivity index (χ4n) is 2.88. The normalized spacial score (nSPS) is 23.3. The maximum atomic E-state index is 11.7. The summed E-state index contributed by atoms with van der Waals surface area (Å²) in [5.74, 6) is 0.813. The standard InChI is InChI=1S/C15H28N2O2/c1-3-12-6-9-17(10-7-12)11-8-14(15(18)19-2)16-13-4-5-13/h12-14,16H,3-11H2,1-2H3. The maximum Gasteiger partial charge on any atom is 0.322 e. The first-order valence-electron chi connectivity index (χ1n) is 7.79. The number of likely N-dealkylation sites (tertiary alicyclic amines) is 1. The monoisotopic (exact) mass is 268 g/mol. The average molecular weight is 268 g/mol. The van der Waals surface area contributed by atoms with E-state index < -0.39 is 0 Å². The zero-order valence-electron chi connectivity index (χ0n) is 12.4. The third kappa shape index (κ3) is 4.77. The number of nitrogens with zero attached hydrogens (tertiary/aromatic N) is 1. The lowest BCUT2D eigenvalue weighted by molar-refractivity contribution is -0.143. The zero-order valence-corrected chi connectivity index (χ0v) is 12.4. The molecule has 1 saturated heterocycles. The number of hydrogen-bond donors (Lipinski definition) is 1. The SMILES string of the molecule is CCC1CCN(CCC(NC2CC2)C(=O)OC)CC1. The summed E-state index contributed by atoms with van der Waals surface area (Å²) < 4.78 is 4.90. The first kappa shape index (κ1) is 14.8. The van der Waals surface area contributed by atoms with Crippen molar-refractivity contribution in [2.45, 2.75) is 57.5 Å². The van der Waals surface area contributed by atoms with Gasteiger partial charge < -0.3 is 15.0 Å². The van der Waals surface area contributed by atoms with Crippen LogP contribution in [-0.4, -0.2) is 49.7 Å². The number of piperidine rings is 1. The van der Waals surface area contributed by atoms with Crippen molar-refractivity contribution in [2.24, 2.45) is 5.92 Å². The molecule has 0 spiro atoms. The van der Waals surface area contributed by atoms with Crippen LogP contribution >= 0.6 is 0 Å². The van der Waals surface area contributed by atoms with Crippen LogP contribution in [0.3, 0.4) is 0 Å². The highest BCUT2D eigenvalue weighted by atomic mass is 16.5. The van der Waals surface area contributed by atoms with E-state index in [0.717, 1.165) is 18.9 Å². The predicted molar refractivity (Wildman–Crippen MR) is 76.0 cm³/mol. The molecular weight excluding hydrogens is 240 g/mol. The Morgan fingerprint density at radius 1 is 1.32 bits per heavy atom. The van der Waals surface area contributed by atoms with Crippen LogP contribution in [0, 0.1) is 5.92 Å². The van der Waals surface area contributed by atoms with Gasteiger partial charge in [0.05, 0.1) is 7.11 Å². The molecule has 2 fully saturated rings. The van der Waals surface area contributed by atoms with Gasteiger partial charge in [-0.25, -0.2) is 0 Å². The van der Waals surface area contributed by atoms with Gasteiger partial charge in [-0.3, -0.25) is 4.79 Å². The Bertz CT molecular complexity index is 284. The fraction of sp³-hybridized carbons (Fsp3) is 0.933. The molecule has 1 aliphatic carbocycles. The summed E-state index contributed by atoms with van der Waals surface area (Å²) in [7, 11) is 1.48. The molecule has 2 rings (SSSR count). The number of esters is 1. The molecule has 4 heteroatoms. The van der Waals surface area contributed by atoms with Crippen molar-refractivity contribution >= 4 is 5.97 Å². The van der Waals surface area contributed by atoms with Crippen molar-refractivity contribution < 1.29 is 9.53 Å². The highest BCUT2D eigenvalue weighted by Gasteiger charge is 2.29. The van der Waals surface area contributed by atoms with Crippen molar-refractivity contribution in [3.63, 3.8) is 0 Å². The van der Waals surface area contributed by atoms with Gasteiger partial charge in [-0.15, -0.1) is 0 Å². The second-order valence-corrected chi connectivity index (χ2v) is 6.00. The van der Waals surface area contributed by atoms with Gasteiger partial charge in [0.15, 0.2) is 0 Å². The molecule has 2 aliphatic rings. The molecule has 1 heterocycles. The molecule has 1 N–H and O–H groups in total. The van der Waals surface area contributed by atoms with Crippen LogP contribution in [0.4, 0.5) is 0 Å². The van der Waals surface area contributed by atoms with Crippen LogP contribution in [0.2, 0.25) is 0 Å². The van der Waals surface area contributed by atoms with Gasteiger partial charge in [-0.05, 0) is 51.1 Å². The van der Waals surface area contributed by atoms with Crippen LogP contribution in [0.25, 0.3) is 0 Å². The summed E-state index contributed by atoms with van der Waals surface area (Å²) in [6, 6.07) is 0.441. The van der Waals surface area contributed by atoms with Gasteiger partial charge in [0.25, 0.3) is 0 Å². The predicted octanol–water partition coefficient (Wildman–Crippen LogP) is 1.79. The Hall–Kier alpha value is -0.610. The molecule has 1 atom stereocenters. The van der Waals surface area contributed by atoms with Crippen LogP contribution in [-0.2, 0) is 9.53 Å². The number of carbonyl (C=O) groups excluding carboxylic acids is 1. The van der Waals surface area contributed by atoms with Crippen LogP contribution < -0.4 is 5.32 Å². The summed E-state index contributed by atoms with van der Waals surface area (Å²) in [5, 5.41) is 3.40. The summed E-state index contributed by atoms with van der Waals surface area (Å²) in [4.78, 5) is 14.2. The minimum Gasteiger partial charge on any atom is -0.468 e. The van der Waals surface area contributed by atoms with E-state index in [9.17, 15) is 4.79 Å². The van der Waals surface area contributed by atoms with E-state index >= 15 is 0 Å². The number of carbonyl (C=O) groups is 1. The first-order valence-corrected chi connectivity index (χ1v) is 7.79. The summed E-state index contributed by atoms with van der Waals surface area (Å²) in [6.07, 6.45) is 7.22. The van der Waals surface area contributed by atoms with E-state index in [1.165, 1.54) is 52.3 Å². The maximum absolute atomic E-state index is 11.7. The topological polar surface area (TPSA) is 41.6 Å². The largest absolute Gasteiger partial charge is 0.468 e. The van der Waals surface area contributed by atoms with E-state index in [2.05, 4.69) is 17.1 Å². The van der Waals surface area contributed by atoms with Crippen LogP contribution in [0.5, 0.6) is 0 Å². The lowest BCUT2D eigenvalue weighted by Crippen LogP contribution is -2.43. The van der Waals surface area contributed by atoms with E-state index in [1.54, 1.807) is 0 Å². The van der Waals surface area contributed by atoms with Crippen LogP contribution in [0.1, 0.15) is 45.4 Å². The van der Waals surface area contributed by atoms with E-state index in [-0.39, 0.29) is 12.0 Å². The van der Waals surface area contributed by atoms with Crippen molar-refractivity contribution in [1.82, 2.24) is 10.2 Å². The van der Waals surface area contributed by atoms with Crippen molar-refractivity contribution in [3.8, 4) is 0 Å². The number of hydrogen-bond acceptors (Lipinski definition) is 4. The Balaban J connectivity index is 1.70. The third-order valence-electron chi connectivity index (χ3n) is 4.52. The third-order valence-corrected chi connectivity index (χ3v) is 4.52. The highest BCUT2D eigenvalue weighted by Crippen LogP contribution is 2.22. The molecule has 110 valence electrons. The summed E-state index contributed by atoms with van der Waals surface area (Å²) in [5.41, 5.74) is 0. The van der Waals surface area contributed by atoms with Crippen LogP contribution in [0.15, 0.2) is 0 Å². The number of rotatable bonds is 7.